The molecule has 1 aromatic rings. The number of nitro benzene ring substituents is 1. The van der Waals surface area contributed by atoms with Crippen LogP contribution in [0, 0.1) is 10.1 Å². The molecule has 23 heavy (non-hydrogen) atoms. The Morgan fingerprint density at radius 3 is 2.43 bits per heavy atom. The number of carbonyl (C=O) groups is 2. The Bertz CT molecular complexity index is 629. The van der Waals surface area contributed by atoms with E-state index < -0.39 is 10.8 Å². The van der Waals surface area contributed by atoms with Gasteiger partial charge in [0.1, 0.15) is 5.56 Å². The first-order valence-electron chi connectivity index (χ1n) is 7.20. The maximum Gasteiger partial charge on any atom is 0.317 e. The molecule has 0 aliphatic carbocycles. The number of hydrogen-bond acceptors (Lipinski definition) is 4. The van der Waals surface area contributed by atoms with Crippen molar-refractivity contribution in [3.8, 4) is 0 Å². The molecule has 3 amide bonds. The molecular weight excluding hydrogens is 324 g/mol. The highest BCUT2D eigenvalue weighted by Gasteiger charge is 2.28. The van der Waals surface area contributed by atoms with Gasteiger partial charge in [-0.2, -0.15) is 0 Å². The van der Waals surface area contributed by atoms with Gasteiger partial charge in [-0.25, -0.2) is 4.79 Å². The number of amides is 3. The van der Waals surface area contributed by atoms with Crippen molar-refractivity contribution in [3.05, 3.63) is 38.9 Å². The summed E-state index contributed by atoms with van der Waals surface area (Å²) in [5.74, 6) is -0.427. The van der Waals surface area contributed by atoms with E-state index in [1.807, 2.05) is 6.92 Å². The molecule has 9 heteroatoms. The van der Waals surface area contributed by atoms with Gasteiger partial charge in [0, 0.05) is 43.8 Å². The number of halogens is 1. The molecule has 1 aliphatic rings. The molecule has 0 bridgehead atoms. The number of nitrogens with zero attached hydrogens (tertiary/aromatic N) is 3. The van der Waals surface area contributed by atoms with E-state index in [1.165, 1.54) is 23.1 Å². The monoisotopic (exact) mass is 340 g/mol. The summed E-state index contributed by atoms with van der Waals surface area (Å²) in [5.41, 5.74) is -0.306. The Labute approximate surface area is 138 Å². The average Bonchev–Trinajstić information content (AvgIpc) is 2.54. The van der Waals surface area contributed by atoms with Crippen LogP contribution in [-0.4, -0.2) is 59.4 Å². The Hall–Kier alpha value is -2.35. The third-order valence-corrected chi connectivity index (χ3v) is 3.80. The molecule has 8 nitrogen and oxygen atoms in total. The molecule has 124 valence electrons. The topological polar surface area (TPSA) is 95.8 Å². The van der Waals surface area contributed by atoms with Crippen LogP contribution in [0.3, 0.4) is 0 Å². The van der Waals surface area contributed by atoms with Crippen LogP contribution < -0.4 is 5.32 Å². The van der Waals surface area contributed by atoms with E-state index in [9.17, 15) is 19.7 Å². The van der Waals surface area contributed by atoms with Crippen molar-refractivity contribution < 1.29 is 14.5 Å². The SMILES string of the molecule is CCNC(=O)N1CCN(C(=O)c2ccc(Cl)cc2[N+](=O)[O-])CC1. The fourth-order valence-electron chi connectivity index (χ4n) is 2.38. The Morgan fingerprint density at radius 2 is 1.87 bits per heavy atom. The lowest BCUT2D eigenvalue weighted by Gasteiger charge is -2.34. The molecular formula is C14H17ClN4O4. The lowest BCUT2D eigenvalue weighted by Crippen LogP contribution is -2.53. The van der Waals surface area contributed by atoms with Crippen molar-refractivity contribution in [2.24, 2.45) is 0 Å². The summed E-state index contributed by atoms with van der Waals surface area (Å²) in [5, 5.41) is 14.0. The predicted octanol–water partition coefficient (Wildman–Crippen LogP) is 1.74. The summed E-state index contributed by atoms with van der Waals surface area (Å²) < 4.78 is 0. The van der Waals surface area contributed by atoms with E-state index in [-0.39, 0.29) is 22.3 Å². The highest BCUT2D eigenvalue weighted by Crippen LogP contribution is 2.24. The first-order valence-corrected chi connectivity index (χ1v) is 7.57. The van der Waals surface area contributed by atoms with Crippen molar-refractivity contribution in [1.82, 2.24) is 15.1 Å². The molecule has 0 spiro atoms. The lowest BCUT2D eigenvalue weighted by atomic mass is 10.1. The third kappa shape index (κ3) is 3.89. The quantitative estimate of drug-likeness (QED) is 0.669. The van der Waals surface area contributed by atoms with E-state index in [4.69, 9.17) is 11.6 Å². The van der Waals surface area contributed by atoms with Gasteiger partial charge in [-0.15, -0.1) is 0 Å². The van der Waals surface area contributed by atoms with Gasteiger partial charge in [0.2, 0.25) is 0 Å². The van der Waals surface area contributed by atoms with Crippen molar-refractivity contribution in [1.29, 1.82) is 0 Å². The first kappa shape index (κ1) is 17.0. The summed E-state index contributed by atoms with van der Waals surface area (Å²) in [6.45, 7) is 3.80. The molecule has 0 unspecified atom stereocenters. The highest BCUT2D eigenvalue weighted by molar-refractivity contribution is 6.31. The second kappa shape index (κ2) is 7.28. The largest absolute Gasteiger partial charge is 0.338 e. The number of benzene rings is 1. The minimum atomic E-state index is -0.621. The maximum atomic E-state index is 12.5. The van der Waals surface area contributed by atoms with Crippen LogP contribution in [0.1, 0.15) is 17.3 Å². The third-order valence-electron chi connectivity index (χ3n) is 3.57. The minimum absolute atomic E-state index is 0.00543. The van der Waals surface area contributed by atoms with Crippen LogP contribution >= 0.6 is 11.6 Å². The van der Waals surface area contributed by atoms with Crippen molar-refractivity contribution in [3.63, 3.8) is 0 Å². The summed E-state index contributed by atoms with van der Waals surface area (Å²) in [6, 6.07) is 3.81. The van der Waals surface area contributed by atoms with E-state index >= 15 is 0 Å². The van der Waals surface area contributed by atoms with Crippen LogP contribution in [-0.2, 0) is 0 Å². The van der Waals surface area contributed by atoms with Crippen LogP contribution in [0.5, 0.6) is 0 Å². The summed E-state index contributed by atoms with van der Waals surface area (Å²) in [6.07, 6.45) is 0. The molecule has 0 radical (unpaired) electrons. The van der Waals surface area contributed by atoms with Gasteiger partial charge in [-0.1, -0.05) is 11.6 Å². The van der Waals surface area contributed by atoms with Crippen molar-refractivity contribution in [2.75, 3.05) is 32.7 Å². The second-order valence-electron chi connectivity index (χ2n) is 5.03. The Kier molecular flexibility index (Phi) is 5.38. The Balaban J connectivity index is 2.09. The van der Waals surface area contributed by atoms with Crippen molar-refractivity contribution in [2.45, 2.75) is 6.92 Å². The van der Waals surface area contributed by atoms with Gasteiger partial charge in [-0.3, -0.25) is 14.9 Å². The van der Waals surface area contributed by atoms with Crippen molar-refractivity contribution >= 4 is 29.2 Å². The number of piperazine rings is 1. The van der Waals surface area contributed by atoms with Gasteiger partial charge in [0.25, 0.3) is 11.6 Å². The molecule has 1 fully saturated rings. The Morgan fingerprint density at radius 1 is 1.26 bits per heavy atom. The van der Waals surface area contributed by atoms with Gasteiger partial charge in [-0.05, 0) is 19.1 Å². The molecule has 0 saturated carbocycles. The molecule has 1 aliphatic heterocycles. The van der Waals surface area contributed by atoms with Gasteiger partial charge in [0.15, 0.2) is 0 Å². The molecule has 0 atom stereocenters. The van der Waals surface area contributed by atoms with Gasteiger partial charge >= 0.3 is 6.03 Å². The molecule has 0 aromatic heterocycles. The highest BCUT2D eigenvalue weighted by atomic mass is 35.5. The van der Waals surface area contributed by atoms with E-state index in [0.29, 0.717) is 32.7 Å². The predicted molar refractivity (Wildman–Crippen MR) is 84.7 cm³/mol. The number of nitrogens with one attached hydrogen (secondary N) is 1. The number of nitro groups is 1. The second-order valence-corrected chi connectivity index (χ2v) is 5.47. The fourth-order valence-corrected chi connectivity index (χ4v) is 2.55. The van der Waals surface area contributed by atoms with E-state index in [0.717, 1.165) is 0 Å². The number of carbonyl (C=O) groups excluding carboxylic acids is 2. The molecule has 1 aromatic carbocycles. The standard InChI is InChI=1S/C14H17ClN4O4/c1-2-16-14(21)18-7-5-17(6-8-18)13(20)11-4-3-10(15)9-12(11)19(22)23/h3-4,9H,2,5-8H2,1H3,(H,16,21). The van der Waals surface area contributed by atoms with Crippen LogP contribution in [0.2, 0.25) is 5.02 Å². The lowest BCUT2D eigenvalue weighted by molar-refractivity contribution is -0.385. The van der Waals surface area contributed by atoms with E-state index in [2.05, 4.69) is 5.32 Å². The zero-order valence-corrected chi connectivity index (χ0v) is 13.4. The number of hydrogen-bond donors (Lipinski definition) is 1. The van der Waals surface area contributed by atoms with Gasteiger partial charge < -0.3 is 15.1 Å². The molecule has 1 saturated heterocycles. The van der Waals surface area contributed by atoms with Crippen LogP contribution in [0.15, 0.2) is 18.2 Å². The fraction of sp³-hybridized carbons (Fsp3) is 0.429. The van der Waals surface area contributed by atoms with E-state index in [1.54, 1.807) is 4.90 Å². The minimum Gasteiger partial charge on any atom is -0.338 e. The summed E-state index contributed by atoms with van der Waals surface area (Å²) in [4.78, 5) is 37.8. The molecule has 1 N–H and O–H groups in total. The zero-order valence-electron chi connectivity index (χ0n) is 12.6. The number of urea groups is 1. The molecule has 1 heterocycles. The first-order chi connectivity index (χ1) is 10.9. The smallest absolute Gasteiger partial charge is 0.317 e. The molecule has 2 rings (SSSR count). The van der Waals surface area contributed by atoms with Crippen LogP contribution in [0.25, 0.3) is 0 Å². The van der Waals surface area contributed by atoms with Crippen LogP contribution in [0.4, 0.5) is 10.5 Å². The zero-order chi connectivity index (χ0) is 17.0. The summed E-state index contributed by atoms with van der Waals surface area (Å²) >= 11 is 5.75. The number of rotatable bonds is 3. The normalized spacial score (nSPS) is 14.5. The maximum absolute atomic E-state index is 12.5. The average molecular weight is 341 g/mol. The van der Waals surface area contributed by atoms with Gasteiger partial charge in [0.05, 0.1) is 4.92 Å². The summed E-state index contributed by atoms with van der Waals surface area (Å²) in [7, 11) is 0.